The highest BCUT2D eigenvalue weighted by molar-refractivity contribution is 4.95. The monoisotopic (exact) mass is 198 g/mol. The van der Waals surface area contributed by atoms with Crippen molar-refractivity contribution >= 4 is 0 Å². The second kappa shape index (κ2) is 22.9. The van der Waals surface area contributed by atoms with Crippen LogP contribution in [0, 0.1) is 0 Å². The summed E-state index contributed by atoms with van der Waals surface area (Å²) < 4.78 is 0. The van der Waals surface area contributed by atoms with E-state index in [0.717, 1.165) is 0 Å². The van der Waals surface area contributed by atoms with E-state index in [2.05, 4.69) is 26.8 Å². The summed E-state index contributed by atoms with van der Waals surface area (Å²) in [6, 6.07) is 0. The summed E-state index contributed by atoms with van der Waals surface area (Å²) >= 11 is 0. The van der Waals surface area contributed by atoms with Crippen LogP contribution in [0.15, 0.2) is 23.8 Å². The second-order valence-electron chi connectivity index (χ2n) is 2.86. The van der Waals surface area contributed by atoms with Crippen molar-refractivity contribution in [2.75, 3.05) is 0 Å². The quantitative estimate of drug-likeness (QED) is 0.506. The lowest BCUT2D eigenvalue weighted by Crippen LogP contribution is -1.70. The van der Waals surface area contributed by atoms with Crippen LogP contribution in [0.25, 0.3) is 0 Å². The number of rotatable bonds is 3. The fourth-order valence-electron chi connectivity index (χ4n) is 0.535. The molecule has 0 radical (unpaired) electrons. The molecule has 86 valence electrons. The maximum absolute atomic E-state index is 2.32. The highest BCUT2D eigenvalue weighted by Crippen LogP contribution is 2.00. The van der Waals surface area contributed by atoms with Gasteiger partial charge in [-0.1, -0.05) is 57.9 Å². The highest BCUT2D eigenvalue weighted by Gasteiger charge is 1.79. The zero-order valence-electron chi connectivity index (χ0n) is 11.4. The van der Waals surface area contributed by atoms with Crippen LogP contribution in [0.2, 0.25) is 0 Å². The Morgan fingerprint density at radius 1 is 1.00 bits per heavy atom. The van der Waals surface area contributed by atoms with Gasteiger partial charge >= 0.3 is 0 Å². The molecule has 0 aromatic carbocycles. The molecule has 0 aliphatic heterocycles. The predicted octanol–water partition coefficient (Wildman–Crippen LogP) is 5.75. The first-order chi connectivity index (χ1) is 6.72. The minimum absolute atomic E-state index is 1.21. The van der Waals surface area contributed by atoms with E-state index in [-0.39, 0.29) is 0 Å². The Balaban J connectivity index is -0.000000170. The summed E-state index contributed by atoms with van der Waals surface area (Å²) in [6.07, 6.45) is 10.1. The van der Waals surface area contributed by atoms with Crippen LogP contribution in [0.3, 0.4) is 0 Å². The number of allylic oxidation sites excluding steroid dienone is 4. The average Bonchev–Trinajstić information content (AvgIpc) is 2.28. The predicted molar refractivity (Wildman–Crippen MR) is 70.8 cm³/mol. The topological polar surface area (TPSA) is 0 Å². The molecule has 0 aromatic heterocycles. The molecule has 0 N–H and O–H groups in total. The summed E-state index contributed by atoms with van der Waals surface area (Å²) in [5, 5.41) is 0. The van der Waals surface area contributed by atoms with Gasteiger partial charge in [0.25, 0.3) is 0 Å². The third kappa shape index (κ3) is 30.0. The molecule has 0 rings (SSSR count). The van der Waals surface area contributed by atoms with Crippen molar-refractivity contribution in [1.29, 1.82) is 0 Å². The molecular formula is C14H30. The second-order valence-corrected chi connectivity index (χ2v) is 2.86. The highest BCUT2D eigenvalue weighted by atomic mass is 13.9. The third-order valence-electron chi connectivity index (χ3n) is 1.67. The van der Waals surface area contributed by atoms with Crippen molar-refractivity contribution < 1.29 is 0 Å². The van der Waals surface area contributed by atoms with E-state index < -0.39 is 0 Å². The van der Waals surface area contributed by atoms with Gasteiger partial charge in [0.15, 0.2) is 0 Å². The van der Waals surface area contributed by atoms with Gasteiger partial charge in [-0.15, -0.1) is 0 Å². The van der Waals surface area contributed by atoms with Crippen LogP contribution in [0.1, 0.15) is 67.7 Å². The van der Waals surface area contributed by atoms with E-state index in [0.29, 0.717) is 0 Å². The third-order valence-corrected chi connectivity index (χ3v) is 1.67. The smallest absolute Gasteiger partial charge is 0.0351 e. The zero-order valence-corrected chi connectivity index (χ0v) is 11.4. The molecule has 0 amide bonds. The normalized spacial score (nSPS) is 10.1. The standard InChI is InChI=1S/C8H16.C4H8.C2H6/c1-4-6-7-8(3)5-2;1-3-4-2;1-2/h7H,4-6H2,1-3H3;3-4H,1-2H3;1-2H3/b8-7+;4-3-;. The molecule has 0 saturated carbocycles. The van der Waals surface area contributed by atoms with Crippen LogP contribution in [0.5, 0.6) is 0 Å². The lowest BCUT2D eigenvalue weighted by atomic mass is 10.2. The van der Waals surface area contributed by atoms with Crippen molar-refractivity contribution in [3.8, 4) is 0 Å². The molecule has 0 aliphatic rings. The van der Waals surface area contributed by atoms with Crippen molar-refractivity contribution in [3.63, 3.8) is 0 Å². The minimum Gasteiger partial charge on any atom is -0.0919 e. The molecule has 0 spiro atoms. The van der Waals surface area contributed by atoms with E-state index in [1.807, 2.05) is 39.8 Å². The van der Waals surface area contributed by atoms with Crippen molar-refractivity contribution in [2.24, 2.45) is 0 Å². The van der Waals surface area contributed by atoms with Gasteiger partial charge in [0.05, 0.1) is 0 Å². The maximum Gasteiger partial charge on any atom is -0.0351 e. The molecule has 0 atom stereocenters. The van der Waals surface area contributed by atoms with Crippen LogP contribution in [-0.4, -0.2) is 0 Å². The molecular weight excluding hydrogens is 168 g/mol. The maximum atomic E-state index is 2.32. The van der Waals surface area contributed by atoms with E-state index in [9.17, 15) is 0 Å². The van der Waals surface area contributed by atoms with Crippen LogP contribution in [0.4, 0.5) is 0 Å². The molecule has 0 aliphatic carbocycles. The van der Waals surface area contributed by atoms with Crippen molar-refractivity contribution in [1.82, 2.24) is 0 Å². The first kappa shape index (κ1) is 19.1. The summed E-state index contributed by atoms with van der Waals surface area (Å²) in [5.41, 5.74) is 1.52. The molecule has 0 fully saturated rings. The Hall–Kier alpha value is -0.520. The first-order valence-corrected chi connectivity index (χ1v) is 5.95. The Bertz CT molecular complexity index is 114. The fourth-order valence-corrected chi connectivity index (χ4v) is 0.535. The lowest BCUT2D eigenvalue weighted by molar-refractivity contribution is 0.934. The Labute approximate surface area is 92.1 Å². The fraction of sp³-hybridized carbons (Fsp3) is 0.714. The number of unbranched alkanes of at least 4 members (excludes halogenated alkanes) is 1. The Morgan fingerprint density at radius 2 is 1.43 bits per heavy atom. The Kier molecular flexibility index (Phi) is 31.2. The SMILES string of the molecule is C/C=C\C.CC.CCC/C=C(\C)CC. The van der Waals surface area contributed by atoms with E-state index in [4.69, 9.17) is 0 Å². The van der Waals surface area contributed by atoms with Gasteiger partial charge in [0, 0.05) is 0 Å². The summed E-state index contributed by atoms with van der Waals surface area (Å²) in [4.78, 5) is 0. The minimum atomic E-state index is 1.21. The molecule has 0 aromatic rings. The number of hydrogen-bond acceptors (Lipinski definition) is 0. The van der Waals surface area contributed by atoms with Crippen LogP contribution < -0.4 is 0 Å². The van der Waals surface area contributed by atoms with Gasteiger partial charge in [-0.3, -0.25) is 0 Å². The summed E-state index contributed by atoms with van der Waals surface area (Å²) in [7, 11) is 0. The van der Waals surface area contributed by atoms with Gasteiger partial charge in [-0.2, -0.15) is 0 Å². The van der Waals surface area contributed by atoms with Gasteiger partial charge in [-0.05, 0) is 33.6 Å². The molecule has 0 nitrogen and oxygen atoms in total. The van der Waals surface area contributed by atoms with E-state index >= 15 is 0 Å². The number of hydrogen-bond donors (Lipinski definition) is 0. The van der Waals surface area contributed by atoms with Gasteiger partial charge < -0.3 is 0 Å². The lowest BCUT2D eigenvalue weighted by Gasteiger charge is -1.91. The average molecular weight is 198 g/mol. The van der Waals surface area contributed by atoms with Crippen LogP contribution in [-0.2, 0) is 0 Å². The summed E-state index contributed by atoms with van der Waals surface area (Å²) in [5.74, 6) is 0. The molecule has 0 unspecified atom stereocenters. The van der Waals surface area contributed by atoms with E-state index in [1.165, 1.54) is 24.8 Å². The van der Waals surface area contributed by atoms with E-state index in [1.54, 1.807) is 0 Å². The van der Waals surface area contributed by atoms with Gasteiger partial charge in [0.2, 0.25) is 0 Å². The molecule has 0 saturated heterocycles. The molecule has 0 heterocycles. The molecule has 0 bridgehead atoms. The zero-order chi connectivity index (χ0) is 11.8. The van der Waals surface area contributed by atoms with Gasteiger partial charge in [-0.25, -0.2) is 0 Å². The first-order valence-electron chi connectivity index (χ1n) is 5.95. The van der Waals surface area contributed by atoms with Gasteiger partial charge in [0.1, 0.15) is 0 Å². The molecule has 0 heteroatoms. The summed E-state index contributed by atoms with van der Waals surface area (Å²) in [6.45, 7) is 14.6. The van der Waals surface area contributed by atoms with Crippen molar-refractivity contribution in [2.45, 2.75) is 67.7 Å². The van der Waals surface area contributed by atoms with Crippen molar-refractivity contribution in [3.05, 3.63) is 23.8 Å². The Morgan fingerprint density at radius 3 is 1.64 bits per heavy atom. The molecule has 14 heavy (non-hydrogen) atoms. The van der Waals surface area contributed by atoms with Crippen LogP contribution >= 0.6 is 0 Å². The largest absolute Gasteiger partial charge is 0.0919 e.